The molecule has 0 saturated heterocycles. The van der Waals surface area contributed by atoms with Gasteiger partial charge in [-0.15, -0.1) is 11.3 Å². The third kappa shape index (κ3) is 4.56. The first-order chi connectivity index (χ1) is 15.5. The number of amides is 2. The van der Waals surface area contributed by atoms with Crippen molar-refractivity contribution in [3.05, 3.63) is 69.5 Å². The van der Waals surface area contributed by atoms with Crippen LogP contribution in [0.4, 0.5) is 10.5 Å². The molecule has 9 nitrogen and oxygen atoms in total. The fraction of sp³-hybridized carbons (Fsp3) is 0.0952. The largest absolute Gasteiger partial charge is 0.450 e. The lowest BCUT2D eigenvalue weighted by molar-refractivity contribution is 0.101. The van der Waals surface area contributed by atoms with Crippen LogP contribution in [0, 0.1) is 13.8 Å². The Balaban J connectivity index is 1.78. The molecule has 0 bridgehead atoms. The van der Waals surface area contributed by atoms with Gasteiger partial charge in [0, 0.05) is 28.4 Å². The molecule has 0 radical (unpaired) electrons. The zero-order chi connectivity index (χ0) is 23.9. The molecule has 0 saturated carbocycles. The van der Waals surface area contributed by atoms with Gasteiger partial charge in [0.2, 0.25) is 5.78 Å². The third-order valence-corrected chi connectivity index (χ3v) is 7.52. The third-order valence-electron chi connectivity index (χ3n) is 4.59. The van der Waals surface area contributed by atoms with Gasteiger partial charge in [-0.2, -0.15) is 8.42 Å². The Hall–Kier alpha value is -3.41. The van der Waals surface area contributed by atoms with E-state index in [0.717, 1.165) is 17.0 Å². The molecule has 0 atom stereocenters. The highest BCUT2D eigenvalue weighted by atomic mass is 35.5. The van der Waals surface area contributed by atoms with Crippen molar-refractivity contribution >= 4 is 61.5 Å². The van der Waals surface area contributed by atoms with Gasteiger partial charge in [-0.1, -0.05) is 11.6 Å². The second-order valence-corrected chi connectivity index (χ2v) is 10.5. The highest BCUT2D eigenvalue weighted by Crippen LogP contribution is 2.36. The summed E-state index contributed by atoms with van der Waals surface area (Å²) in [6, 6.07) is 9.27. The molecule has 3 N–H and O–H groups in total. The van der Waals surface area contributed by atoms with E-state index < -0.39 is 21.9 Å². The van der Waals surface area contributed by atoms with Gasteiger partial charge in [0.15, 0.2) is 9.97 Å². The SMILES string of the molecule is Cc1ccc(C(=O)c2oc3cc(OS(=O)(=O)c4ccc(Cl)s4)ccc3c2NC(N)=O)c(C)n1. The number of nitrogens with one attached hydrogen (secondary N) is 1. The van der Waals surface area contributed by atoms with Crippen molar-refractivity contribution in [1.29, 1.82) is 0 Å². The molecule has 0 aliphatic carbocycles. The number of nitrogens with two attached hydrogens (primary N) is 1. The molecule has 0 spiro atoms. The molecule has 0 aliphatic heterocycles. The highest BCUT2D eigenvalue weighted by Gasteiger charge is 2.26. The fourth-order valence-electron chi connectivity index (χ4n) is 3.18. The summed E-state index contributed by atoms with van der Waals surface area (Å²) >= 11 is 6.66. The Morgan fingerprint density at radius 3 is 2.55 bits per heavy atom. The summed E-state index contributed by atoms with van der Waals surface area (Å²) in [5, 5.41) is 2.74. The Bertz CT molecular complexity index is 1520. The zero-order valence-corrected chi connectivity index (χ0v) is 19.6. The van der Waals surface area contributed by atoms with Crippen molar-refractivity contribution < 1.29 is 26.6 Å². The monoisotopic (exact) mass is 505 g/mol. The molecule has 4 aromatic rings. The van der Waals surface area contributed by atoms with Gasteiger partial charge < -0.3 is 19.7 Å². The maximum atomic E-state index is 13.2. The first-order valence-corrected chi connectivity index (χ1v) is 12.0. The number of nitrogens with zero attached hydrogens (tertiary/aromatic N) is 1. The number of benzene rings is 1. The van der Waals surface area contributed by atoms with E-state index in [1.54, 1.807) is 26.0 Å². The summed E-state index contributed by atoms with van der Waals surface area (Å²) in [6.07, 6.45) is 0. The van der Waals surface area contributed by atoms with E-state index in [1.807, 2.05) is 0 Å². The van der Waals surface area contributed by atoms with Crippen LogP contribution in [0.15, 0.2) is 51.1 Å². The van der Waals surface area contributed by atoms with Crippen molar-refractivity contribution in [2.75, 3.05) is 5.32 Å². The number of halogens is 1. The number of hydrogen-bond donors (Lipinski definition) is 2. The molecule has 33 heavy (non-hydrogen) atoms. The number of carbonyl (C=O) groups is 2. The van der Waals surface area contributed by atoms with Crippen LogP contribution in [0.25, 0.3) is 11.0 Å². The Kier molecular flexibility index (Phi) is 5.87. The van der Waals surface area contributed by atoms with Crippen LogP contribution in [-0.4, -0.2) is 25.2 Å². The predicted octanol–water partition coefficient (Wildman–Crippen LogP) is 4.65. The van der Waals surface area contributed by atoms with Crippen molar-refractivity contribution in [3.8, 4) is 5.75 Å². The van der Waals surface area contributed by atoms with E-state index in [9.17, 15) is 18.0 Å². The summed E-state index contributed by atoms with van der Waals surface area (Å²) in [7, 11) is -4.13. The molecule has 0 unspecified atom stereocenters. The molecule has 3 aromatic heterocycles. The Labute approximate surface area is 197 Å². The Morgan fingerprint density at radius 1 is 1.15 bits per heavy atom. The molecular formula is C21H16ClN3O6S2. The zero-order valence-electron chi connectivity index (χ0n) is 17.2. The van der Waals surface area contributed by atoms with Gasteiger partial charge in [-0.25, -0.2) is 4.79 Å². The second kappa shape index (κ2) is 8.50. The number of ketones is 1. The fourth-order valence-corrected chi connectivity index (χ4v) is 5.55. The highest BCUT2D eigenvalue weighted by molar-refractivity contribution is 7.89. The van der Waals surface area contributed by atoms with E-state index in [1.165, 1.54) is 30.3 Å². The van der Waals surface area contributed by atoms with E-state index >= 15 is 0 Å². The number of primary amides is 1. The number of carbonyl (C=O) groups excluding carboxylic acids is 2. The summed E-state index contributed by atoms with van der Waals surface area (Å²) in [5.41, 5.74) is 6.94. The van der Waals surface area contributed by atoms with Crippen LogP contribution in [0.3, 0.4) is 0 Å². The number of anilines is 1. The van der Waals surface area contributed by atoms with Gasteiger partial charge in [0.25, 0.3) is 0 Å². The number of pyridine rings is 1. The average molecular weight is 506 g/mol. The quantitative estimate of drug-likeness (QED) is 0.287. The second-order valence-electron chi connectivity index (χ2n) is 6.96. The van der Waals surface area contributed by atoms with Crippen molar-refractivity contribution in [2.45, 2.75) is 18.1 Å². The molecule has 0 fully saturated rings. The molecule has 1 aromatic carbocycles. The van der Waals surface area contributed by atoms with Crippen LogP contribution in [0.2, 0.25) is 4.34 Å². The van der Waals surface area contributed by atoms with Crippen molar-refractivity contribution in [2.24, 2.45) is 5.73 Å². The molecule has 0 aliphatic rings. The summed E-state index contributed by atoms with van der Waals surface area (Å²) in [5.74, 6) is -0.760. The molecule has 4 rings (SSSR count). The maximum absolute atomic E-state index is 13.2. The minimum Gasteiger partial charge on any atom is -0.450 e. The first-order valence-electron chi connectivity index (χ1n) is 9.37. The minimum absolute atomic E-state index is 0.0569. The van der Waals surface area contributed by atoms with Crippen LogP contribution < -0.4 is 15.2 Å². The van der Waals surface area contributed by atoms with Crippen LogP contribution in [-0.2, 0) is 10.1 Å². The van der Waals surface area contributed by atoms with E-state index in [-0.39, 0.29) is 32.6 Å². The van der Waals surface area contributed by atoms with Crippen molar-refractivity contribution in [3.63, 3.8) is 0 Å². The lowest BCUT2D eigenvalue weighted by Gasteiger charge is -2.06. The van der Waals surface area contributed by atoms with Gasteiger partial charge in [0.05, 0.1) is 4.34 Å². The van der Waals surface area contributed by atoms with Crippen LogP contribution in [0.1, 0.15) is 27.5 Å². The normalized spacial score (nSPS) is 11.5. The maximum Gasteiger partial charge on any atom is 0.348 e. The number of urea groups is 1. The lowest BCUT2D eigenvalue weighted by Crippen LogP contribution is -2.20. The number of aryl methyl sites for hydroxylation is 2. The number of aromatic nitrogens is 1. The molecule has 12 heteroatoms. The molecular weight excluding hydrogens is 490 g/mol. The summed E-state index contributed by atoms with van der Waals surface area (Å²) < 4.78 is 36.1. The Morgan fingerprint density at radius 2 is 1.91 bits per heavy atom. The van der Waals surface area contributed by atoms with Crippen LogP contribution in [0.5, 0.6) is 5.75 Å². The minimum atomic E-state index is -4.13. The van der Waals surface area contributed by atoms with Gasteiger partial charge >= 0.3 is 16.1 Å². The predicted molar refractivity (Wildman–Crippen MR) is 124 cm³/mol. The topological polar surface area (TPSA) is 142 Å². The molecule has 170 valence electrons. The molecule has 2 amide bonds. The summed E-state index contributed by atoms with van der Waals surface area (Å²) in [6.45, 7) is 3.47. The number of hydrogen-bond acceptors (Lipinski definition) is 8. The van der Waals surface area contributed by atoms with Gasteiger partial charge in [-0.3, -0.25) is 9.78 Å². The smallest absolute Gasteiger partial charge is 0.348 e. The number of fused-ring (bicyclic) bond motifs is 1. The van der Waals surface area contributed by atoms with E-state index in [2.05, 4.69) is 10.3 Å². The standard InChI is InChI=1S/C21H16ClN3O6S2/c1-10-3-5-13(11(2)24-10)19(26)20-18(25-21(23)27)14-6-4-12(9-15(14)30-20)31-33(28,29)17-8-7-16(22)32-17/h3-9H,1-2H3,(H3,23,25,27). The number of rotatable bonds is 6. The van der Waals surface area contributed by atoms with E-state index in [4.69, 9.17) is 25.9 Å². The first kappa shape index (κ1) is 22.8. The van der Waals surface area contributed by atoms with Gasteiger partial charge in [0.1, 0.15) is 17.0 Å². The van der Waals surface area contributed by atoms with Crippen molar-refractivity contribution in [1.82, 2.24) is 4.98 Å². The summed E-state index contributed by atoms with van der Waals surface area (Å²) in [4.78, 5) is 29.0. The number of furan rings is 1. The van der Waals surface area contributed by atoms with Crippen LogP contribution >= 0.6 is 22.9 Å². The molecule has 3 heterocycles. The van der Waals surface area contributed by atoms with Gasteiger partial charge in [-0.05, 0) is 50.2 Å². The number of thiophene rings is 1. The lowest BCUT2D eigenvalue weighted by atomic mass is 10.1. The van der Waals surface area contributed by atoms with E-state index in [0.29, 0.717) is 15.4 Å². The average Bonchev–Trinajstić information content (AvgIpc) is 3.31.